The van der Waals surface area contributed by atoms with Crippen LogP contribution in [0.2, 0.25) is 0 Å². The third-order valence-electron chi connectivity index (χ3n) is 4.39. The number of para-hydroxylation sites is 1. The van der Waals surface area contributed by atoms with Gasteiger partial charge in [0.15, 0.2) is 5.43 Å². The van der Waals surface area contributed by atoms with Crippen LogP contribution in [0.5, 0.6) is 0 Å². The van der Waals surface area contributed by atoms with Gasteiger partial charge in [-0.1, -0.05) is 42.5 Å². The molecule has 152 valence electrons. The van der Waals surface area contributed by atoms with E-state index in [2.05, 4.69) is 10.3 Å². The Kier molecular flexibility index (Phi) is 6.11. The summed E-state index contributed by atoms with van der Waals surface area (Å²) in [6, 6.07) is 21.6. The Hall–Kier alpha value is -3.73. The van der Waals surface area contributed by atoms with Gasteiger partial charge in [0.25, 0.3) is 5.91 Å². The Morgan fingerprint density at radius 3 is 2.13 bits per heavy atom. The van der Waals surface area contributed by atoms with E-state index in [4.69, 9.17) is 0 Å². The van der Waals surface area contributed by atoms with Gasteiger partial charge in [0, 0.05) is 33.0 Å². The van der Waals surface area contributed by atoms with E-state index in [9.17, 15) is 14.4 Å². The zero-order valence-corrected chi connectivity index (χ0v) is 17.2. The molecule has 0 spiro atoms. The number of H-pyrrole nitrogens is 1. The SMILES string of the molecule is CC(C)(C)NC(=O)c1ccc2c(=O)c3ccccc3[nH]c2c1.O=Cc1ccccc1. The first kappa shape index (κ1) is 21.0. The van der Waals surface area contributed by atoms with E-state index in [0.717, 1.165) is 17.4 Å². The molecule has 4 rings (SSSR count). The van der Waals surface area contributed by atoms with Crippen molar-refractivity contribution in [2.45, 2.75) is 26.3 Å². The fourth-order valence-corrected chi connectivity index (χ4v) is 3.01. The molecule has 3 aromatic carbocycles. The molecular formula is C25H24N2O3. The van der Waals surface area contributed by atoms with Gasteiger partial charge in [0.2, 0.25) is 0 Å². The van der Waals surface area contributed by atoms with E-state index >= 15 is 0 Å². The van der Waals surface area contributed by atoms with Crippen LogP contribution in [0.25, 0.3) is 21.8 Å². The molecule has 2 N–H and O–H groups in total. The topological polar surface area (TPSA) is 79.0 Å². The van der Waals surface area contributed by atoms with E-state index in [1.165, 1.54) is 0 Å². The Labute approximate surface area is 174 Å². The summed E-state index contributed by atoms with van der Waals surface area (Å²) in [5, 5.41) is 4.16. The fraction of sp³-hybridized carbons (Fsp3) is 0.160. The number of carbonyl (C=O) groups excluding carboxylic acids is 2. The van der Waals surface area contributed by atoms with E-state index in [1.807, 2.05) is 57.2 Å². The minimum atomic E-state index is -0.303. The Morgan fingerprint density at radius 2 is 1.50 bits per heavy atom. The molecule has 5 nitrogen and oxygen atoms in total. The Morgan fingerprint density at radius 1 is 0.867 bits per heavy atom. The summed E-state index contributed by atoms with van der Waals surface area (Å²) in [4.78, 5) is 38.0. The highest BCUT2D eigenvalue weighted by Gasteiger charge is 2.16. The Bertz CT molecular complexity index is 1250. The molecule has 0 aliphatic heterocycles. The minimum absolute atomic E-state index is 0.0212. The summed E-state index contributed by atoms with van der Waals surface area (Å²) in [6.45, 7) is 5.80. The number of amides is 1. The number of aldehydes is 1. The summed E-state index contributed by atoms with van der Waals surface area (Å²) in [5.74, 6) is -0.150. The largest absolute Gasteiger partial charge is 0.354 e. The van der Waals surface area contributed by atoms with Crippen LogP contribution in [0.15, 0.2) is 77.6 Å². The second-order valence-corrected chi connectivity index (χ2v) is 7.99. The van der Waals surface area contributed by atoms with Gasteiger partial charge < -0.3 is 10.3 Å². The number of aromatic nitrogens is 1. The second kappa shape index (κ2) is 8.74. The molecular weight excluding hydrogens is 376 g/mol. The summed E-state index contributed by atoms with van der Waals surface area (Å²) in [7, 11) is 0. The number of benzene rings is 3. The maximum absolute atomic E-state index is 12.5. The van der Waals surface area contributed by atoms with Crippen molar-refractivity contribution in [1.82, 2.24) is 10.3 Å². The summed E-state index contributed by atoms with van der Waals surface area (Å²) < 4.78 is 0. The third-order valence-corrected chi connectivity index (χ3v) is 4.39. The van der Waals surface area contributed by atoms with E-state index < -0.39 is 0 Å². The number of hydrogen-bond acceptors (Lipinski definition) is 3. The van der Waals surface area contributed by atoms with Crippen LogP contribution < -0.4 is 10.7 Å². The molecule has 1 heterocycles. The van der Waals surface area contributed by atoms with Crippen LogP contribution in [0.4, 0.5) is 0 Å². The first-order valence-electron chi connectivity index (χ1n) is 9.66. The lowest BCUT2D eigenvalue weighted by molar-refractivity contribution is 0.0919. The maximum atomic E-state index is 12.5. The molecule has 0 radical (unpaired) electrons. The lowest BCUT2D eigenvalue weighted by Crippen LogP contribution is -2.40. The monoisotopic (exact) mass is 400 g/mol. The lowest BCUT2D eigenvalue weighted by Gasteiger charge is -2.20. The number of hydrogen-bond donors (Lipinski definition) is 2. The molecule has 1 aromatic heterocycles. The van der Waals surface area contributed by atoms with Crippen molar-refractivity contribution >= 4 is 34.0 Å². The highest BCUT2D eigenvalue weighted by atomic mass is 16.1. The molecule has 0 atom stereocenters. The van der Waals surface area contributed by atoms with Crippen LogP contribution in [0, 0.1) is 0 Å². The quantitative estimate of drug-likeness (QED) is 0.378. The average Bonchev–Trinajstić information content (AvgIpc) is 2.73. The van der Waals surface area contributed by atoms with Gasteiger partial charge in [0.05, 0.1) is 5.52 Å². The Balaban J connectivity index is 0.000000269. The average molecular weight is 400 g/mol. The number of fused-ring (bicyclic) bond motifs is 2. The lowest BCUT2D eigenvalue weighted by atomic mass is 10.1. The van der Waals surface area contributed by atoms with Crippen molar-refractivity contribution in [3.63, 3.8) is 0 Å². The van der Waals surface area contributed by atoms with Crippen LogP contribution in [-0.2, 0) is 0 Å². The summed E-state index contributed by atoms with van der Waals surface area (Å²) in [6.07, 6.45) is 0.833. The molecule has 4 aromatic rings. The summed E-state index contributed by atoms with van der Waals surface area (Å²) >= 11 is 0. The third kappa shape index (κ3) is 5.00. The van der Waals surface area contributed by atoms with Gasteiger partial charge in [-0.05, 0) is 51.1 Å². The van der Waals surface area contributed by atoms with Gasteiger partial charge in [0.1, 0.15) is 6.29 Å². The zero-order chi connectivity index (χ0) is 21.7. The van der Waals surface area contributed by atoms with E-state index in [-0.39, 0.29) is 16.9 Å². The predicted molar refractivity (Wildman–Crippen MR) is 121 cm³/mol. The highest BCUT2D eigenvalue weighted by Crippen LogP contribution is 2.16. The summed E-state index contributed by atoms with van der Waals surface area (Å²) in [5.41, 5.74) is 2.38. The van der Waals surface area contributed by atoms with Crippen LogP contribution in [-0.4, -0.2) is 22.7 Å². The number of nitrogens with one attached hydrogen (secondary N) is 2. The van der Waals surface area contributed by atoms with E-state index in [0.29, 0.717) is 21.9 Å². The van der Waals surface area contributed by atoms with E-state index in [1.54, 1.807) is 36.4 Å². The molecule has 0 fully saturated rings. The second-order valence-electron chi connectivity index (χ2n) is 7.99. The molecule has 5 heteroatoms. The molecule has 0 aliphatic rings. The zero-order valence-electron chi connectivity index (χ0n) is 17.2. The number of aromatic amines is 1. The molecule has 0 bridgehead atoms. The van der Waals surface area contributed by atoms with Gasteiger partial charge in [-0.15, -0.1) is 0 Å². The van der Waals surface area contributed by atoms with Gasteiger partial charge >= 0.3 is 0 Å². The van der Waals surface area contributed by atoms with Crippen molar-refractivity contribution in [3.05, 3.63) is 94.1 Å². The van der Waals surface area contributed by atoms with Crippen molar-refractivity contribution in [2.75, 3.05) is 0 Å². The van der Waals surface area contributed by atoms with Crippen LogP contribution in [0.3, 0.4) is 0 Å². The molecule has 30 heavy (non-hydrogen) atoms. The maximum Gasteiger partial charge on any atom is 0.251 e. The first-order valence-corrected chi connectivity index (χ1v) is 9.66. The standard InChI is InChI=1S/C18H18N2O2.C7H6O/c1-18(2,3)20-17(22)11-8-9-13-15(10-11)19-14-7-5-4-6-12(14)16(13)21;8-6-7-4-2-1-3-5-7/h4-10H,1-3H3,(H,19,21)(H,20,22);1-6H. The van der Waals surface area contributed by atoms with Crippen LogP contribution in [0.1, 0.15) is 41.5 Å². The minimum Gasteiger partial charge on any atom is -0.354 e. The van der Waals surface area contributed by atoms with Gasteiger partial charge in [-0.25, -0.2) is 0 Å². The number of rotatable bonds is 2. The molecule has 0 aliphatic carbocycles. The molecule has 0 unspecified atom stereocenters. The number of carbonyl (C=O) groups is 2. The van der Waals surface area contributed by atoms with Crippen LogP contribution >= 0.6 is 0 Å². The smallest absolute Gasteiger partial charge is 0.251 e. The number of pyridine rings is 1. The molecule has 0 saturated carbocycles. The van der Waals surface area contributed by atoms with Crippen molar-refractivity contribution in [2.24, 2.45) is 0 Å². The predicted octanol–water partition coefficient (Wildman–Crippen LogP) is 4.71. The molecule has 0 saturated heterocycles. The van der Waals surface area contributed by atoms with Crippen molar-refractivity contribution in [3.8, 4) is 0 Å². The normalized spacial score (nSPS) is 10.9. The first-order chi connectivity index (χ1) is 14.3. The fourth-order valence-electron chi connectivity index (χ4n) is 3.01. The van der Waals surface area contributed by atoms with Gasteiger partial charge in [-0.2, -0.15) is 0 Å². The highest BCUT2D eigenvalue weighted by molar-refractivity contribution is 6.00. The van der Waals surface area contributed by atoms with Crippen molar-refractivity contribution < 1.29 is 9.59 Å². The van der Waals surface area contributed by atoms with Crippen molar-refractivity contribution in [1.29, 1.82) is 0 Å². The van der Waals surface area contributed by atoms with Gasteiger partial charge in [-0.3, -0.25) is 14.4 Å². The molecule has 1 amide bonds.